The highest BCUT2D eigenvalue weighted by Crippen LogP contribution is 2.32. The van der Waals surface area contributed by atoms with Crippen LogP contribution in [0.1, 0.15) is 29.4 Å². The van der Waals surface area contributed by atoms with E-state index in [-0.39, 0.29) is 11.8 Å². The summed E-state index contributed by atoms with van der Waals surface area (Å²) in [6.07, 6.45) is 3.75. The van der Waals surface area contributed by atoms with Crippen LogP contribution in [0.25, 0.3) is 11.4 Å². The van der Waals surface area contributed by atoms with Gasteiger partial charge in [-0.2, -0.15) is 4.98 Å². The lowest BCUT2D eigenvalue weighted by Crippen LogP contribution is -2.24. The molecule has 1 aliphatic rings. The van der Waals surface area contributed by atoms with Crippen molar-refractivity contribution in [2.24, 2.45) is 0 Å². The van der Waals surface area contributed by atoms with E-state index in [0.717, 1.165) is 11.3 Å². The van der Waals surface area contributed by atoms with E-state index in [1.165, 1.54) is 11.1 Å². The van der Waals surface area contributed by atoms with Gasteiger partial charge in [-0.1, -0.05) is 11.2 Å². The lowest BCUT2D eigenvalue weighted by Gasteiger charge is -2.17. The summed E-state index contributed by atoms with van der Waals surface area (Å²) < 4.78 is 5.42. The number of rotatable bonds is 3. The van der Waals surface area contributed by atoms with Gasteiger partial charge in [-0.15, -0.1) is 0 Å². The summed E-state index contributed by atoms with van der Waals surface area (Å²) in [5.41, 5.74) is 4.15. The van der Waals surface area contributed by atoms with Crippen LogP contribution in [-0.4, -0.2) is 27.6 Å². The molecule has 4 rings (SSSR count). The Kier molecular flexibility index (Phi) is 3.80. The minimum Gasteiger partial charge on any atom is -0.339 e. The van der Waals surface area contributed by atoms with Crippen molar-refractivity contribution >= 4 is 11.6 Å². The molecule has 0 N–H and O–H groups in total. The number of carbonyl (C=O) groups is 1. The molecular formula is C19H18N4O2. The predicted molar refractivity (Wildman–Crippen MR) is 93.2 cm³/mol. The average Bonchev–Trinajstić information content (AvgIpc) is 3.25. The Labute approximate surface area is 145 Å². The zero-order chi connectivity index (χ0) is 17.4. The van der Waals surface area contributed by atoms with E-state index in [1.807, 2.05) is 30.3 Å². The maximum atomic E-state index is 12.5. The fourth-order valence-corrected chi connectivity index (χ4v) is 3.04. The van der Waals surface area contributed by atoms with Crippen LogP contribution in [0.3, 0.4) is 0 Å². The van der Waals surface area contributed by atoms with Crippen molar-refractivity contribution in [3.05, 3.63) is 59.7 Å². The molecule has 0 radical (unpaired) electrons. The summed E-state index contributed by atoms with van der Waals surface area (Å²) in [5, 5.41) is 4.04. The maximum absolute atomic E-state index is 12.5. The SMILES string of the molecule is Cc1ccc(N2CC(c3nc(-c4ccncc4)no3)CC2=O)cc1C. The minimum absolute atomic E-state index is 0.0805. The van der Waals surface area contributed by atoms with Crippen molar-refractivity contribution in [2.45, 2.75) is 26.2 Å². The fraction of sp³-hybridized carbons (Fsp3) is 0.263. The van der Waals surface area contributed by atoms with Gasteiger partial charge in [-0.3, -0.25) is 9.78 Å². The number of aryl methyl sites for hydroxylation is 2. The molecule has 0 bridgehead atoms. The Bertz CT molecular complexity index is 920. The normalized spacial score (nSPS) is 17.3. The van der Waals surface area contributed by atoms with Crippen molar-refractivity contribution in [1.29, 1.82) is 0 Å². The van der Waals surface area contributed by atoms with Crippen LogP contribution >= 0.6 is 0 Å². The molecule has 6 nitrogen and oxygen atoms in total. The number of anilines is 1. The second kappa shape index (κ2) is 6.12. The first-order valence-corrected chi connectivity index (χ1v) is 8.23. The Morgan fingerprint density at radius 1 is 1.12 bits per heavy atom. The van der Waals surface area contributed by atoms with Crippen molar-refractivity contribution in [3.63, 3.8) is 0 Å². The molecule has 6 heteroatoms. The van der Waals surface area contributed by atoms with Gasteiger partial charge < -0.3 is 9.42 Å². The molecule has 0 spiro atoms. The highest BCUT2D eigenvalue weighted by molar-refractivity contribution is 5.96. The summed E-state index contributed by atoms with van der Waals surface area (Å²) >= 11 is 0. The fourth-order valence-electron chi connectivity index (χ4n) is 3.04. The van der Waals surface area contributed by atoms with Crippen LogP contribution < -0.4 is 4.90 Å². The lowest BCUT2D eigenvalue weighted by atomic mass is 10.1. The molecule has 2 aromatic heterocycles. The van der Waals surface area contributed by atoms with E-state index in [2.05, 4.69) is 29.0 Å². The summed E-state index contributed by atoms with van der Waals surface area (Å²) in [5.74, 6) is 1.02. The number of pyridine rings is 1. The van der Waals surface area contributed by atoms with E-state index in [1.54, 1.807) is 17.3 Å². The molecule has 1 aromatic carbocycles. The number of nitrogens with zero attached hydrogens (tertiary/aromatic N) is 4. The highest BCUT2D eigenvalue weighted by atomic mass is 16.5. The maximum Gasteiger partial charge on any atom is 0.232 e. The smallest absolute Gasteiger partial charge is 0.232 e. The first kappa shape index (κ1) is 15.5. The Morgan fingerprint density at radius 3 is 2.68 bits per heavy atom. The van der Waals surface area contributed by atoms with Crippen LogP contribution in [0.4, 0.5) is 5.69 Å². The topological polar surface area (TPSA) is 72.1 Å². The average molecular weight is 334 g/mol. The molecule has 1 unspecified atom stereocenters. The quantitative estimate of drug-likeness (QED) is 0.735. The number of benzene rings is 1. The van der Waals surface area contributed by atoms with Gasteiger partial charge in [-0.25, -0.2) is 0 Å². The molecule has 0 aliphatic carbocycles. The largest absolute Gasteiger partial charge is 0.339 e. The van der Waals surface area contributed by atoms with Crippen molar-refractivity contribution in [1.82, 2.24) is 15.1 Å². The molecule has 3 aromatic rings. The highest BCUT2D eigenvalue weighted by Gasteiger charge is 2.35. The van der Waals surface area contributed by atoms with E-state index in [0.29, 0.717) is 24.7 Å². The second-order valence-electron chi connectivity index (χ2n) is 6.37. The van der Waals surface area contributed by atoms with E-state index in [9.17, 15) is 4.79 Å². The van der Waals surface area contributed by atoms with Gasteiger partial charge in [0.15, 0.2) is 0 Å². The molecule has 1 amide bonds. The Morgan fingerprint density at radius 2 is 1.92 bits per heavy atom. The molecule has 3 heterocycles. The number of aromatic nitrogens is 3. The van der Waals surface area contributed by atoms with Gasteiger partial charge in [0.25, 0.3) is 0 Å². The van der Waals surface area contributed by atoms with Crippen molar-refractivity contribution < 1.29 is 9.32 Å². The molecule has 0 saturated carbocycles. The van der Waals surface area contributed by atoms with Crippen LogP contribution in [-0.2, 0) is 4.79 Å². The summed E-state index contributed by atoms with van der Waals surface area (Å²) in [6.45, 7) is 4.67. The van der Waals surface area contributed by atoms with Crippen molar-refractivity contribution in [3.8, 4) is 11.4 Å². The van der Waals surface area contributed by atoms with Crippen LogP contribution in [0.2, 0.25) is 0 Å². The van der Waals surface area contributed by atoms with E-state index >= 15 is 0 Å². The van der Waals surface area contributed by atoms with Gasteiger partial charge in [0.05, 0.1) is 5.92 Å². The third-order valence-corrected chi connectivity index (χ3v) is 4.66. The summed E-state index contributed by atoms with van der Waals surface area (Å²) in [4.78, 5) is 22.7. The Hall–Kier alpha value is -3.02. The van der Waals surface area contributed by atoms with E-state index < -0.39 is 0 Å². The number of hydrogen-bond donors (Lipinski definition) is 0. The molecule has 1 saturated heterocycles. The first-order chi connectivity index (χ1) is 12.1. The molecular weight excluding hydrogens is 316 g/mol. The molecule has 25 heavy (non-hydrogen) atoms. The van der Waals surface area contributed by atoms with Crippen LogP contribution in [0.5, 0.6) is 0 Å². The monoisotopic (exact) mass is 334 g/mol. The minimum atomic E-state index is -0.0859. The third-order valence-electron chi connectivity index (χ3n) is 4.66. The van der Waals surface area contributed by atoms with E-state index in [4.69, 9.17) is 4.52 Å². The van der Waals surface area contributed by atoms with Gasteiger partial charge >= 0.3 is 0 Å². The molecule has 1 fully saturated rings. The zero-order valence-corrected chi connectivity index (χ0v) is 14.1. The number of hydrogen-bond acceptors (Lipinski definition) is 5. The van der Waals surface area contributed by atoms with Gasteiger partial charge in [0.2, 0.25) is 17.6 Å². The van der Waals surface area contributed by atoms with Gasteiger partial charge in [0, 0.05) is 36.6 Å². The zero-order valence-electron chi connectivity index (χ0n) is 14.1. The van der Waals surface area contributed by atoms with Crippen molar-refractivity contribution in [2.75, 3.05) is 11.4 Å². The molecule has 1 aliphatic heterocycles. The second-order valence-corrected chi connectivity index (χ2v) is 6.37. The number of carbonyl (C=O) groups excluding carboxylic acids is 1. The third kappa shape index (κ3) is 2.91. The lowest BCUT2D eigenvalue weighted by molar-refractivity contribution is -0.117. The molecule has 126 valence electrons. The summed E-state index contributed by atoms with van der Waals surface area (Å²) in [6, 6.07) is 9.73. The van der Waals surface area contributed by atoms with Crippen LogP contribution in [0.15, 0.2) is 47.2 Å². The number of amides is 1. The standard InChI is InChI=1S/C19H18N4O2/c1-12-3-4-16(9-13(12)2)23-11-15(10-17(23)24)19-21-18(22-25-19)14-5-7-20-8-6-14/h3-9,15H,10-11H2,1-2H3. The first-order valence-electron chi connectivity index (χ1n) is 8.23. The Balaban J connectivity index is 1.56. The predicted octanol–water partition coefficient (Wildman–Crippen LogP) is 3.27. The summed E-state index contributed by atoms with van der Waals surface area (Å²) in [7, 11) is 0. The van der Waals surface area contributed by atoms with Crippen LogP contribution in [0, 0.1) is 13.8 Å². The van der Waals surface area contributed by atoms with Gasteiger partial charge in [-0.05, 0) is 49.2 Å². The van der Waals surface area contributed by atoms with Gasteiger partial charge in [0.1, 0.15) is 0 Å². The molecule has 1 atom stereocenters.